The molecule has 36 heavy (non-hydrogen) atoms. The van der Waals surface area contributed by atoms with Crippen LogP contribution >= 0.6 is 21.8 Å². The third-order valence-electron chi connectivity index (χ3n) is 5.63. The van der Waals surface area contributed by atoms with Crippen molar-refractivity contribution in [2.24, 2.45) is 0 Å². The molecule has 0 N–H and O–H groups in total. The van der Waals surface area contributed by atoms with E-state index in [9.17, 15) is 0 Å². The van der Waals surface area contributed by atoms with E-state index >= 15 is 0 Å². The van der Waals surface area contributed by atoms with Crippen molar-refractivity contribution in [3.63, 3.8) is 0 Å². The average Bonchev–Trinajstić information content (AvgIpc) is 3.42. The molecule has 1 aliphatic rings. The molecule has 3 aromatic carbocycles. The zero-order valence-corrected chi connectivity index (χ0v) is 22.2. The third kappa shape index (κ3) is 6.14. The summed E-state index contributed by atoms with van der Waals surface area (Å²) in [6, 6.07) is 28.1. The molecule has 0 spiro atoms. The minimum absolute atomic E-state index is 0.0566. The Balaban J connectivity index is 0.000000556. The average molecular weight is 541 g/mol. The number of thiazole rings is 1. The largest absolute Gasteiger partial charge is 0.362 e. The number of benzene rings is 3. The fourth-order valence-corrected chi connectivity index (χ4v) is 7.56. The summed E-state index contributed by atoms with van der Waals surface area (Å²) in [5.41, 5.74) is 3.86. The molecule has 2 heterocycles. The molecule has 4 aromatic rings. The molecule has 0 saturated carbocycles. The SMILES string of the molecule is CCN1CS(=C(C#Cc2sc3ccccc3[n+]2CC)c2ccccc2)c2ccccc21.[O-][Cl+3]([O-])([O-])[O-]. The van der Waals surface area contributed by atoms with E-state index in [0.717, 1.165) is 24.0 Å². The third-order valence-corrected chi connectivity index (χ3v) is 8.98. The molecule has 1 aromatic heterocycles. The fraction of sp³-hybridized carbons (Fsp3) is 0.185. The number of halogens is 1. The van der Waals surface area contributed by atoms with Gasteiger partial charge in [-0.2, -0.15) is 4.57 Å². The van der Waals surface area contributed by atoms with Crippen molar-refractivity contribution in [1.82, 2.24) is 0 Å². The normalized spacial score (nSPS) is 15.0. The first kappa shape index (κ1) is 26.3. The Morgan fingerprint density at radius 3 is 2.28 bits per heavy atom. The predicted molar refractivity (Wildman–Crippen MR) is 135 cm³/mol. The lowest BCUT2D eigenvalue weighted by molar-refractivity contribution is -2.00. The standard InChI is InChI=1S/C27H25N2S2.ClHO4/c1-3-28-20-31(26-17-11-9-15-23(26)28)25(21-12-6-5-7-13-21)18-19-27-29(4-2)22-14-8-10-16-24(22)30-27;2-1(3,4)5/h5-17H,3-4,20H2,1-2H3;(H,2,3,4,5)/q+1;/p-1. The fourth-order valence-electron chi connectivity index (χ4n) is 4.08. The van der Waals surface area contributed by atoms with Crippen LogP contribution in [0.4, 0.5) is 5.69 Å². The van der Waals surface area contributed by atoms with Gasteiger partial charge in [0.15, 0.2) is 0 Å². The van der Waals surface area contributed by atoms with Crippen molar-refractivity contribution >= 4 is 42.6 Å². The lowest BCUT2D eigenvalue weighted by atomic mass is 10.1. The number of aryl methyl sites for hydroxylation is 1. The zero-order chi connectivity index (χ0) is 25.7. The number of rotatable bonds is 3. The molecule has 1 aliphatic heterocycles. The number of hydrogen-bond donors (Lipinski definition) is 0. The van der Waals surface area contributed by atoms with Gasteiger partial charge >= 0.3 is 5.01 Å². The van der Waals surface area contributed by atoms with Crippen LogP contribution in [0.25, 0.3) is 10.2 Å². The summed E-state index contributed by atoms with van der Waals surface area (Å²) in [6.07, 6.45) is 0. The minimum atomic E-state index is -4.94. The number of fused-ring (bicyclic) bond motifs is 2. The van der Waals surface area contributed by atoms with Crippen LogP contribution in [0.2, 0.25) is 0 Å². The molecule has 6 nitrogen and oxygen atoms in total. The van der Waals surface area contributed by atoms with Crippen LogP contribution in [0.3, 0.4) is 0 Å². The highest BCUT2D eigenvalue weighted by molar-refractivity contribution is 8.17. The molecule has 0 saturated heterocycles. The number of hydrogen-bond acceptors (Lipinski definition) is 6. The maximum atomic E-state index is 8.49. The maximum Gasteiger partial charge on any atom is 0.315 e. The molecule has 0 aliphatic carbocycles. The van der Waals surface area contributed by atoms with Gasteiger partial charge in [0, 0.05) is 23.4 Å². The monoisotopic (exact) mass is 540 g/mol. The van der Waals surface area contributed by atoms with Crippen LogP contribution < -0.4 is 28.1 Å². The van der Waals surface area contributed by atoms with E-state index in [0.29, 0.717) is 0 Å². The van der Waals surface area contributed by atoms with Crippen LogP contribution in [0, 0.1) is 22.1 Å². The maximum absolute atomic E-state index is 8.49. The van der Waals surface area contributed by atoms with E-state index < -0.39 is 10.2 Å². The molecule has 9 heteroatoms. The zero-order valence-electron chi connectivity index (χ0n) is 19.8. The summed E-state index contributed by atoms with van der Waals surface area (Å²) in [5.74, 6) is 8.24. The van der Waals surface area contributed by atoms with Crippen LogP contribution in [-0.4, -0.2) is 17.3 Å². The van der Waals surface area contributed by atoms with E-state index in [1.165, 1.54) is 31.2 Å². The molecule has 1 atom stereocenters. The second kappa shape index (κ2) is 11.5. The van der Waals surface area contributed by atoms with E-state index in [1.807, 2.05) is 0 Å². The number of nitrogens with zero attached hydrogens (tertiary/aromatic N) is 2. The van der Waals surface area contributed by atoms with Crippen molar-refractivity contribution < 1.29 is 33.4 Å². The van der Waals surface area contributed by atoms with E-state index in [1.54, 1.807) is 11.3 Å². The molecule has 5 rings (SSSR count). The van der Waals surface area contributed by atoms with Gasteiger partial charge in [-0.05, 0) is 43.5 Å². The van der Waals surface area contributed by atoms with Crippen LogP contribution in [-0.2, 0) is 6.54 Å². The molecular formula is C27H25ClN2O4S2. The number of aromatic nitrogens is 1. The first-order valence-corrected chi connectivity index (χ1v) is 14.8. The smallest absolute Gasteiger partial charge is 0.315 e. The predicted octanol–water partition coefficient (Wildman–Crippen LogP) is 1.15. The lowest BCUT2D eigenvalue weighted by Crippen LogP contribution is -2.68. The van der Waals surface area contributed by atoms with Crippen molar-refractivity contribution in [1.29, 1.82) is 0 Å². The second-order valence-electron chi connectivity index (χ2n) is 7.79. The van der Waals surface area contributed by atoms with Crippen LogP contribution in [0.1, 0.15) is 24.4 Å². The summed E-state index contributed by atoms with van der Waals surface area (Å²) >= 11 is 1.79. The van der Waals surface area contributed by atoms with Crippen molar-refractivity contribution in [2.45, 2.75) is 25.3 Å². The summed E-state index contributed by atoms with van der Waals surface area (Å²) in [4.78, 5) is 5.13. The number of anilines is 1. The van der Waals surface area contributed by atoms with Gasteiger partial charge in [-0.1, -0.05) is 65.9 Å². The highest BCUT2D eigenvalue weighted by atomic mass is 35.7. The van der Waals surface area contributed by atoms with E-state index in [2.05, 4.69) is 114 Å². The molecular weight excluding hydrogens is 516 g/mol. The summed E-state index contributed by atoms with van der Waals surface area (Å²) in [5, 5.41) is 1.13. The Morgan fingerprint density at radius 1 is 0.944 bits per heavy atom. The Morgan fingerprint density at radius 2 is 1.58 bits per heavy atom. The first-order chi connectivity index (χ1) is 17.3. The van der Waals surface area contributed by atoms with Crippen molar-refractivity contribution in [2.75, 3.05) is 17.3 Å². The van der Waals surface area contributed by atoms with Gasteiger partial charge in [0.25, 0.3) is 0 Å². The highest BCUT2D eigenvalue weighted by Gasteiger charge is 2.24. The molecule has 186 valence electrons. The Kier molecular flexibility index (Phi) is 8.44. The minimum Gasteiger partial charge on any atom is -0.362 e. The lowest BCUT2D eigenvalue weighted by Gasteiger charge is -2.17. The van der Waals surface area contributed by atoms with Gasteiger partial charge in [0.1, 0.15) is 11.2 Å². The van der Waals surface area contributed by atoms with Gasteiger partial charge < -0.3 is 4.90 Å². The van der Waals surface area contributed by atoms with Crippen LogP contribution in [0.15, 0.2) is 83.8 Å². The number of para-hydroxylation sites is 2. The van der Waals surface area contributed by atoms with E-state index in [-0.39, 0.29) is 10.5 Å². The first-order valence-electron chi connectivity index (χ1n) is 11.3. The van der Waals surface area contributed by atoms with Gasteiger partial charge in [0.2, 0.25) is 5.52 Å². The quantitative estimate of drug-likeness (QED) is 0.168. The van der Waals surface area contributed by atoms with Gasteiger partial charge in [0.05, 0.1) is 16.4 Å². The van der Waals surface area contributed by atoms with E-state index in [4.69, 9.17) is 18.6 Å². The molecule has 1 unspecified atom stereocenters. The topological polar surface area (TPSA) is 99.4 Å². The molecule has 0 amide bonds. The van der Waals surface area contributed by atoms with Crippen molar-refractivity contribution in [3.05, 3.63) is 89.4 Å². The Bertz CT molecular complexity index is 1450. The van der Waals surface area contributed by atoms with Gasteiger partial charge in [-0.3, -0.25) is 0 Å². The molecule has 0 radical (unpaired) electrons. The van der Waals surface area contributed by atoms with Crippen molar-refractivity contribution in [3.8, 4) is 11.8 Å². The van der Waals surface area contributed by atoms with Crippen LogP contribution in [0.5, 0.6) is 0 Å². The second-order valence-corrected chi connectivity index (χ2v) is 11.5. The summed E-state index contributed by atoms with van der Waals surface area (Å²) in [7, 11) is -5.00. The van der Waals surface area contributed by atoms with Gasteiger partial charge in [-0.15, -0.1) is 20.7 Å². The Labute approximate surface area is 219 Å². The Hall–Kier alpha value is -2.74. The summed E-state index contributed by atoms with van der Waals surface area (Å²) < 4.78 is 37.6. The molecule has 0 bridgehead atoms. The summed E-state index contributed by atoms with van der Waals surface area (Å²) in [6.45, 7) is 6.37. The molecule has 0 fully saturated rings. The highest BCUT2D eigenvalue weighted by Crippen LogP contribution is 2.44. The van der Waals surface area contributed by atoms with Gasteiger partial charge in [-0.25, -0.2) is 18.6 Å².